The van der Waals surface area contributed by atoms with Gasteiger partial charge in [0.1, 0.15) is 18.2 Å². The molecule has 2 unspecified atom stereocenters. The van der Waals surface area contributed by atoms with Gasteiger partial charge in [-0.15, -0.1) is 6.42 Å². The van der Waals surface area contributed by atoms with Crippen LogP contribution in [0.5, 0.6) is 11.6 Å². The second kappa shape index (κ2) is 12.7. The highest BCUT2D eigenvalue weighted by Gasteiger charge is 2.26. The predicted molar refractivity (Wildman–Crippen MR) is 135 cm³/mol. The molecule has 0 saturated carbocycles. The molecule has 0 radical (unpaired) electrons. The lowest BCUT2D eigenvalue weighted by Gasteiger charge is -2.27. The Labute approximate surface area is 211 Å². The van der Waals surface area contributed by atoms with Crippen LogP contribution in [0.1, 0.15) is 24.1 Å². The minimum atomic E-state index is -0.717. The van der Waals surface area contributed by atoms with Crippen molar-refractivity contribution in [3.05, 3.63) is 71.7 Å². The fraction of sp³-hybridized carbons (Fsp3) is 0.393. The van der Waals surface area contributed by atoms with Crippen LogP contribution in [0, 0.1) is 25.1 Å². The van der Waals surface area contributed by atoms with E-state index in [-0.39, 0.29) is 25.1 Å². The number of aromatic nitrogens is 2. The number of aryl methyl sites for hydroxylation is 1. The molecule has 1 N–H and O–H groups in total. The molecule has 190 valence electrons. The Hall–Kier alpha value is -3.22. The van der Waals surface area contributed by atoms with E-state index in [1.54, 1.807) is 16.8 Å². The topological polar surface area (TPSA) is 69.0 Å². The van der Waals surface area contributed by atoms with E-state index < -0.39 is 6.10 Å². The predicted octanol–water partition coefficient (Wildman–Crippen LogP) is 4.10. The first-order chi connectivity index (χ1) is 17.5. The number of terminal acetylenes is 1. The molecule has 0 amide bonds. The Morgan fingerprint density at radius 2 is 2.03 bits per heavy atom. The first-order valence-corrected chi connectivity index (χ1v) is 12.1. The van der Waals surface area contributed by atoms with Gasteiger partial charge in [0.25, 0.3) is 0 Å². The summed E-state index contributed by atoms with van der Waals surface area (Å²) in [6, 6.07) is 15.6. The van der Waals surface area contributed by atoms with Gasteiger partial charge in [-0.25, -0.2) is 9.07 Å². The lowest BCUT2D eigenvalue weighted by Crippen LogP contribution is -2.39. The molecule has 2 atom stereocenters. The van der Waals surface area contributed by atoms with Crippen molar-refractivity contribution in [3.8, 4) is 29.7 Å². The third kappa shape index (κ3) is 6.93. The van der Waals surface area contributed by atoms with Gasteiger partial charge in [0.15, 0.2) is 0 Å². The molecule has 1 saturated heterocycles. The van der Waals surface area contributed by atoms with Gasteiger partial charge in [0.2, 0.25) is 5.88 Å². The van der Waals surface area contributed by atoms with E-state index in [1.807, 2.05) is 37.3 Å². The highest BCUT2D eigenvalue weighted by Crippen LogP contribution is 2.32. The molecule has 7 nitrogen and oxygen atoms in total. The van der Waals surface area contributed by atoms with E-state index in [0.29, 0.717) is 31.3 Å². The van der Waals surface area contributed by atoms with E-state index in [1.165, 1.54) is 12.1 Å². The summed E-state index contributed by atoms with van der Waals surface area (Å²) in [5, 5.41) is 15.4. The third-order valence-electron chi connectivity index (χ3n) is 6.00. The quantitative estimate of drug-likeness (QED) is 0.303. The Balaban J connectivity index is 1.63. The lowest BCUT2D eigenvalue weighted by atomic mass is 10.1. The number of aliphatic hydroxyl groups is 1. The zero-order valence-corrected chi connectivity index (χ0v) is 20.5. The van der Waals surface area contributed by atoms with Gasteiger partial charge in [-0.1, -0.05) is 24.1 Å². The summed E-state index contributed by atoms with van der Waals surface area (Å²) in [7, 11) is 0. The molecular formula is C28H32FN3O4. The second-order valence-corrected chi connectivity index (χ2v) is 8.87. The fourth-order valence-corrected chi connectivity index (χ4v) is 4.29. The molecule has 2 heterocycles. The Kier molecular flexibility index (Phi) is 9.09. The molecular weight excluding hydrogens is 461 g/mol. The van der Waals surface area contributed by atoms with Gasteiger partial charge in [-0.3, -0.25) is 4.90 Å². The number of benzene rings is 2. The molecule has 2 aromatic carbocycles. The fourth-order valence-electron chi connectivity index (χ4n) is 4.29. The van der Waals surface area contributed by atoms with E-state index >= 15 is 0 Å². The summed E-state index contributed by atoms with van der Waals surface area (Å²) in [6.45, 7) is 4.48. The highest BCUT2D eigenvalue weighted by atomic mass is 19.1. The molecule has 3 aromatic rings. The molecule has 1 aliphatic rings. The number of rotatable bonds is 12. The third-order valence-corrected chi connectivity index (χ3v) is 6.00. The average Bonchev–Trinajstić information content (AvgIpc) is 3.49. The average molecular weight is 494 g/mol. The molecule has 1 aromatic heterocycles. The Bertz CT molecular complexity index is 1140. The molecule has 8 heteroatoms. The number of para-hydroxylation sites is 1. The summed E-state index contributed by atoms with van der Waals surface area (Å²) >= 11 is 0. The molecule has 1 aliphatic heterocycles. The van der Waals surface area contributed by atoms with Crippen LogP contribution in [0.15, 0.2) is 54.6 Å². The summed E-state index contributed by atoms with van der Waals surface area (Å²) in [5.74, 6) is 3.13. The van der Waals surface area contributed by atoms with Gasteiger partial charge in [-0.05, 0) is 56.2 Å². The van der Waals surface area contributed by atoms with E-state index in [9.17, 15) is 9.50 Å². The number of ether oxygens (including phenoxy) is 3. The molecule has 4 rings (SSSR count). The first-order valence-electron chi connectivity index (χ1n) is 12.1. The SMILES string of the molecule is C#CCOCC(O)CN(Cc1c(C)nn(-c2ccccc2)c1Oc1ccc(F)cc1)CC1CCCO1. The number of nitrogens with zero attached hydrogens (tertiary/aromatic N) is 3. The molecule has 0 bridgehead atoms. The van der Waals surface area contributed by atoms with Crippen molar-refractivity contribution >= 4 is 0 Å². The summed E-state index contributed by atoms with van der Waals surface area (Å²) in [4.78, 5) is 2.14. The van der Waals surface area contributed by atoms with Crippen molar-refractivity contribution in [2.45, 2.75) is 38.5 Å². The van der Waals surface area contributed by atoms with Crippen molar-refractivity contribution in [2.75, 3.05) is 32.9 Å². The number of aliphatic hydroxyl groups excluding tert-OH is 1. The lowest BCUT2D eigenvalue weighted by molar-refractivity contribution is 0.00935. The van der Waals surface area contributed by atoms with E-state index in [0.717, 1.165) is 36.4 Å². The highest BCUT2D eigenvalue weighted by molar-refractivity contribution is 5.43. The number of hydrogen-bond donors (Lipinski definition) is 1. The molecule has 0 aliphatic carbocycles. The number of hydrogen-bond acceptors (Lipinski definition) is 6. The minimum Gasteiger partial charge on any atom is -0.439 e. The zero-order chi connectivity index (χ0) is 25.3. The molecule has 1 fully saturated rings. The van der Waals surface area contributed by atoms with Gasteiger partial charge >= 0.3 is 0 Å². The molecule has 36 heavy (non-hydrogen) atoms. The second-order valence-electron chi connectivity index (χ2n) is 8.87. The standard InChI is InChI=1S/C28H32FN3O4/c1-3-15-34-20-24(33)17-31(18-26-10-7-16-35-26)19-27-21(2)30-32(23-8-5-4-6-9-23)28(27)36-25-13-11-22(29)12-14-25/h1,4-6,8-9,11-14,24,26,33H,7,10,15-20H2,2H3. The van der Waals surface area contributed by atoms with Crippen LogP contribution in [-0.2, 0) is 16.0 Å². The zero-order valence-electron chi connectivity index (χ0n) is 20.5. The summed E-state index contributed by atoms with van der Waals surface area (Å²) in [5.41, 5.74) is 2.52. The van der Waals surface area contributed by atoms with Crippen molar-refractivity contribution in [3.63, 3.8) is 0 Å². The maximum atomic E-state index is 13.5. The van der Waals surface area contributed by atoms with Crippen LogP contribution in [0.4, 0.5) is 4.39 Å². The largest absolute Gasteiger partial charge is 0.439 e. The van der Waals surface area contributed by atoms with Crippen LogP contribution in [-0.4, -0.2) is 64.9 Å². The maximum absolute atomic E-state index is 13.5. The molecule has 0 spiro atoms. The first kappa shape index (κ1) is 25.9. The van der Waals surface area contributed by atoms with E-state index in [2.05, 4.69) is 10.8 Å². The summed E-state index contributed by atoms with van der Waals surface area (Å²) < 4.78 is 32.8. The smallest absolute Gasteiger partial charge is 0.227 e. The van der Waals surface area contributed by atoms with Gasteiger partial charge in [-0.2, -0.15) is 5.10 Å². The number of halogens is 1. The minimum absolute atomic E-state index is 0.0924. The van der Waals surface area contributed by atoms with Crippen LogP contribution >= 0.6 is 0 Å². The van der Waals surface area contributed by atoms with Crippen LogP contribution in [0.3, 0.4) is 0 Å². The Morgan fingerprint density at radius 3 is 2.72 bits per heavy atom. The van der Waals surface area contributed by atoms with Crippen LogP contribution in [0.2, 0.25) is 0 Å². The normalized spacial score (nSPS) is 16.2. The van der Waals surface area contributed by atoms with Crippen molar-refractivity contribution < 1.29 is 23.7 Å². The Morgan fingerprint density at radius 1 is 1.25 bits per heavy atom. The van der Waals surface area contributed by atoms with E-state index in [4.69, 9.17) is 25.7 Å². The summed E-state index contributed by atoms with van der Waals surface area (Å²) in [6.07, 6.45) is 6.63. The van der Waals surface area contributed by atoms with Crippen LogP contribution in [0.25, 0.3) is 5.69 Å². The van der Waals surface area contributed by atoms with Gasteiger partial charge in [0, 0.05) is 26.2 Å². The maximum Gasteiger partial charge on any atom is 0.227 e. The van der Waals surface area contributed by atoms with Crippen molar-refractivity contribution in [2.24, 2.45) is 0 Å². The monoisotopic (exact) mass is 493 g/mol. The van der Waals surface area contributed by atoms with Gasteiger partial charge < -0.3 is 19.3 Å². The van der Waals surface area contributed by atoms with Crippen molar-refractivity contribution in [1.82, 2.24) is 14.7 Å². The van der Waals surface area contributed by atoms with Gasteiger partial charge in [0.05, 0.1) is 35.8 Å². The van der Waals surface area contributed by atoms with Crippen LogP contribution < -0.4 is 4.74 Å². The van der Waals surface area contributed by atoms with Crippen molar-refractivity contribution in [1.29, 1.82) is 0 Å².